The van der Waals surface area contributed by atoms with Crippen LogP contribution >= 0.6 is 0 Å². The first kappa shape index (κ1) is 15.5. The summed E-state index contributed by atoms with van der Waals surface area (Å²) in [7, 11) is 1.12. The lowest BCUT2D eigenvalue weighted by molar-refractivity contribution is -0.385. The minimum absolute atomic E-state index is 0.0467. The van der Waals surface area contributed by atoms with E-state index in [-0.39, 0.29) is 17.0 Å². The Kier molecular flexibility index (Phi) is 3.85. The third-order valence-electron chi connectivity index (χ3n) is 2.73. The van der Waals surface area contributed by atoms with E-state index in [1.807, 2.05) is 0 Å². The second-order valence-corrected chi connectivity index (χ2v) is 4.18. The average Bonchev–Trinajstić information content (AvgIpc) is 2.94. The Bertz CT molecular complexity index is 739. The number of rotatable bonds is 3. The fourth-order valence-corrected chi connectivity index (χ4v) is 1.71. The number of aromatic nitrogens is 2. The first-order chi connectivity index (χ1) is 10.2. The molecule has 1 N–H and O–H groups in total. The van der Waals surface area contributed by atoms with E-state index in [4.69, 9.17) is 0 Å². The monoisotopic (exact) mass is 315 g/mol. The van der Waals surface area contributed by atoms with Crippen LogP contribution in [0.4, 0.5) is 18.9 Å². The van der Waals surface area contributed by atoms with Crippen molar-refractivity contribution >= 4 is 11.7 Å². The van der Waals surface area contributed by atoms with Gasteiger partial charge in [-0.2, -0.15) is 18.3 Å². The van der Waals surface area contributed by atoms with Crippen LogP contribution < -0.4 is 0 Å². The van der Waals surface area contributed by atoms with E-state index in [9.17, 15) is 28.1 Å². The Morgan fingerprint density at radius 2 is 2.00 bits per heavy atom. The van der Waals surface area contributed by atoms with Gasteiger partial charge in [0.1, 0.15) is 5.69 Å². The van der Waals surface area contributed by atoms with E-state index in [0.29, 0.717) is 12.1 Å². The van der Waals surface area contributed by atoms with E-state index in [1.54, 1.807) is 0 Å². The van der Waals surface area contributed by atoms with E-state index in [0.717, 1.165) is 19.2 Å². The number of non-ortho nitro benzene ring substituents is 1. The molecule has 0 aliphatic heterocycles. The van der Waals surface area contributed by atoms with Crippen LogP contribution in [0.1, 0.15) is 16.1 Å². The van der Waals surface area contributed by atoms with Crippen molar-refractivity contribution in [3.8, 4) is 11.3 Å². The zero-order valence-corrected chi connectivity index (χ0v) is 11.0. The number of hydrogen-bond acceptors (Lipinski definition) is 5. The molecule has 1 aromatic carbocycles. The molecular weight excluding hydrogens is 307 g/mol. The number of nitro groups is 1. The van der Waals surface area contributed by atoms with Gasteiger partial charge in [-0.1, -0.05) is 0 Å². The Morgan fingerprint density at radius 1 is 1.32 bits per heavy atom. The molecule has 1 heterocycles. The van der Waals surface area contributed by atoms with Gasteiger partial charge in [0.25, 0.3) is 5.69 Å². The molecule has 0 amide bonds. The zero-order chi connectivity index (χ0) is 16.5. The quantitative estimate of drug-likeness (QED) is 0.533. The third-order valence-corrected chi connectivity index (χ3v) is 2.73. The highest BCUT2D eigenvalue weighted by molar-refractivity contribution is 5.88. The number of ether oxygens (including phenoxy) is 1. The number of alkyl halides is 3. The van der Waals surface area contributed by atoms with Crippen LogP contribution in [0.5, 0.6) is 0 Å². The number of H-pyrrole nitrogens is 1. The Morgan fingerprint density at radius 3 is 2.55 bits per heavy atom. The Balaban J connectivity index is 2.54. The highest BCUT2D eigenvalue weighted by Gasteiger charge is 2.33. The molecule has 0 unspecified atom stereocenters. The van der Waals surface area contributed by atoms with Crippen LogP contribution in [-0.4, -0.2) is 28.2 Å². The first-order valence-corrected chi connectivity index (χ1v) is 5.73. The number of aromatic amines is 1. The summed E-state index contributed by atoms with van der Waals surface area (Å²) in [6, 6.07) is 3.22. The molecule has 7 nitrogen and oxygen atoms in total. The van der Waals surface area contributed by atoms with Crippen LogP contribution in [-0.2, 0) is 10.9 Å². The topological polar surface area (TPSA) is 98.1 Å². The van der Waals surface area contributed by atoms with Gasteiger partial charge >= 0.3 is 12.1 Å². The average molecular weight is 315 g/mol. The molecule has 10 heteroatoms. The molecule has 0 radical (unpaired) electrons. The van der Waals surface area contributed by atoms with E-state index in [1.165, 1.54) is 0 Å². The molecule has 0 saturated heterocycles. The van der Waals surface area contributed by atoms with Gasteiger partial charge in [0.15, 0.2) is 0 Å². The summed E-state index contributed by atoms with van der Waals surface area (Å²) in [5, 5.41) is 16.7. The lowest BCUT2D eigenvalue weighted by atomic mass is 10.1. The number of nitrogens with one attached hydrogen (secondary N) is 1. The summed E-state index contributed by atoms with van der Waals surface area (Å²) < 4.78 is 42.8. The lowest BCUT2D eigenvalue weighted by Crippen LogP contribution is -2.06. The number of hydrogen-bond donors (Lipinski definition) is 1. The maximum Gasteiger partial charge on any atom is 0.416 e. The molecule has 0 bridgehead atoms. The molecule has 0 spiro atoms. The van der Waals surface area contributed by atoms with Crippen molar-refractivity contribution < 1.29 is 27.6 Å². The second kappa shape index (κ2) is 5.47. The molecule has 2 rings (SSSR count). The highest BCUT2D eigenvalue weighted by Crippen LogP contribution is 2.35. The number of carbonyl (C=O) groups excluding carboxylic acids is 1. The fourth-order valence-electron chi connectivity index (χ4n) is 1.71. The molecule has 0 saturated carbocycles. The predicted molar refractivity (Wildman–Crippen MR) is 67.0 cm³/mol. The van der Waals surface area contributed by atoms with Crippen molar-refractivity contribution in [1.29, 1.82) is 0 Å². The standard InChI is InChI=1S/C12H8F3N3O4/c1-22-11(19)10-5-9(16-17-10)6-2-7(12(13,14)15)4-8(3-6)18(20)21/h2-5H,1H3,(H,16,17). The van der Waals surface area contributed by atoms with Crippen molar-refractivity contribution in [2.75, 3.05) is 7.11 Å². The van der Waals surface area contributed by atoms with Gasteiger partial charge in [-0.3, -0.25) is 15.2 Å². The van der Waals surface area contributed by atoms with Gasteiger partial charge in [-0.15, -0.1) is 0 Å². The highest BCUT2D eigenvalue weighted by atomic mass is 19.4. The van der Waals surface area contributed by atoms with Gasteiger partial charge in [0.2, 0.25) is 0 Å². The fraction of sp³-hybridized carbons (Fsp3) is 0.167. The molecule has 0 fully saturated rings. The molecule has 0 aliphatic rings. The number of benzene rings is 1. The largest absolute Gasteiger partial charge is 0.464 e. The van der Waals surface area contributed by atoms with Crippen LogP contribution in [0.25, 0.3) is 11.3 Å². The van der Waals surface area contributed by atoms with Crippen LogP contribution in [0.3, 0.4) is 0 Å². The van der Waals surface area contributed by atoms with Crippen molar-refractivity contribution in [3.63, 3.8) is 0 Å². The summed E-state index contributed by atoms with van der Waals surface area (Å²) >= 11 is 0. The summed E-state index contributed by atoms with van der Waals surface area (Å²) in [6.07, 6.45) is -4.75. The number of carbonyl (C=O) groups is 1. The van der Waals surface area contributed by atoms with Crippen LogP contribution in [0.15, 0.2) is 24.3 Å². The minimum Gasteiger partial charge on any atom is -0.464 e. The van der Waals surface area contributed by atoms with Crippen molar-refractivity contribution in [2.24, 2.45) is 0 Å². The molecule has 22 heavy (non-hydrogen) atoms. The number of methoxy groups -OCH3 is 1. The Hall–Kier alpha value is -2.91. The van der Waals surface area contributed by atoms with Crippen molar-refractivity contribution in [3.05, 3.63) is 45.6 Å². The molecule has 2 aromatic rings. The summed E-state index contributed by atoms with van der Waals surface area (Å²) in [5.74, 6) is -0.764. The van der Waals surface area contributed by atoms with Crippen molar-refractivity contribution in [1.82, 2.24) is 10.2 Å². The van der Waals surface area contributed by atoms with E-state index < -0.39 is 28.3 Å². The van der Waals surface area contributed by atoms with E-state index in [2.05, 4.69) is 14.9 Å². The molecule has 0 atom stereocenters. The smallest absolute Gasteiger partial charge is 0.416 e. The number of nitro benzene ring substituents is 1. The van der Waals surface area contributed by atoms with Gasteiger partial charge in [-0.25, -0.2) is 4.79 Å². The minimum atomic E-state index is -4.75. The summed E-state index contributed by atoms with van der Waals surface area (Å²) in [4.78, 5) is 21.1. The van der Waals surface area contributed by atoms with Crippen LogP contribution in [0, 0.1) is 10.1 Å². The van der Waals surface area contributed by atoms with Crippen molar-refractivity contribution in [2.45, 2.75) is 6.18 Å². The Labute approximate surface area is 120 Å². The lowest BCUT2D eigenvalue weighted by Gasteiger charge is -2.07. The maximum absolute atomic E-state index is 12.8. The van der Waals surface area contributed by atoms with Gasteiger partial charge in [0, 0.05) is 17.7 Å². The predicted octanol–water partition coefficient (Wildman–Crippen LogP) is 2.79. The molecule has 116 valence electrons. The third kappa shape index (κ3) is 3.05. The van der Waals surface area contributed by atoms with Gasteiger partial charge < -0.3 is 4.74 Å². The number of halogens is 3. The number of esters is 1. The summed E-state index contributed by atoms with van der Waals surface area (Å²) in [6.45, 7) is 0. The van der Waals surface area contributed by atoms with E-state index >= 15 is 0 Å². The van der Waals surface area contributed by atoms with Crippen LogP contribution in [0.2, 0.25) is 0 Å². The first-order valence-electron chi connectivity index (χ1n) is 5.73. The summed E-state index contributed by atoms with van der Waals surface area (Å²) in [5.41, 5.74) is -2.19. The molecule has 0 aliphatic carbocycles. The second-order valence-electron chi connectivity index (χ2n) is 4.18. The SMILES string of the molecule is COC(=O)c1cc(-c2cc([N+](=O)[O-])cc(C(F)(F)F)c2)n[nH]1. The number of nitrogens with zero attached hydrogens (tertiary/aromatic N) is 2. The van der Waals surface area contributed by atoms with Gasteiger partial charge in [-0.05, 0) is 12.1 Å². The zero-order valence-electron chi connectivity index (χ0n) is 11.0. The molecule has 1 aromatic heterocycles. The maximum atomic E-state index is 12.8. The van der Waals surface area contributed by atoms with Gasteiger partial charge in [0.05, 0.1) is 23.3 Å². The normalized spacial score (nSPS) is 11.3. The molecular formula is C12H8F3N3O4.